The predicted octanol–water partition coefficient (Wildman–Crippen LogP) is 1.98. The highest BCUT2D eigenvalue weighted by molar-refractivity contribution is 7.84. The lowest BCUT2D eigenvalue weighted by Crippen LogP contribution is -2.30. The number of hydrogen-bond donors (Lipinski definition) is 1. The van der Waals surface area contributed by atoms with Crippen LogP contribution < -0.4 is 4.72 Å². The first-order chi connectivity index (χ1) is 7.59. The SMILES string of the molecule is CC(C)S(=O)NC(=O)OCc1ccccc1. The molecule has 0 aliphatic carbocycles. The molecule has 1 aromatic carbocycles. The van der Waals surface area contributed by atoms with Gasteiger partial charge in [0.1, 0.15) is 17.6 Å². The van der Waals surface area contributed by atoms with E-state index in [1.807, 2.05) is 30.3 Å². The molecule has 0 aliphatic rings. The summed E-state index contributed by atoms with van der Waals surface area (Å²) < 4.78 is 18.4. The first-order valence-electron chi connectivity index (χ1n) is 4.97. The highest BCUT2D eigenvalue weighted by Gasteiger charge is 2.10. The van der Waals surface area contributed by atoms with Crippen molar-refractivity contribution in [1.82, 2.24) is 4.72 Å². The summed E-state index contributed by atoms with van der Waals surface area (Å²) in [6.07, 6.45) is -0.657. The molecule has 1 rings (SSSR count). The minimum Gasteiger partial charge on any atom is -0.444 e. The quantitative estimate of drug-likeness (QED) is 0.877. The van der Waals surface area contributed by atoms with Gasteiger partial charge in [0.2, 0.25) is 0 Å². The van der Waals surface area contributed by atoms with E-state index in [0.717, 1.165) is 5.56 Å². The van der Waals surface area contributed by atoms with Crippen LogP contribution in [-0.4, -0.2) is 15.6 Å². The molecule has 0 saturated heterocycles. The molecule has 0 fully saturated rings. The third-order valence-electron chi connectivity index (χ3n) is 1.82. The van der Waals surface area contributed by atoms with Crippen molar-refractivity contribution in [2.75, 3.05) is 0 Å². The molecule has 4 nitrogen and oxygen atoms in total. The molecule has 1 atom stereocenters. The number of hydrogen-bond acceptors (Lipinski definition) is 3. The van der Waals surface area contributed by atoms with Gasteiger partial charge in [-0.25, -0.2) is 13.7 Å². The van der Waals surface area contributed by atoms with E-state index in [4.69, 9.17) is 4.74 Å². The van der Waals surface area contributed by atoms with Crippen molar-refractivity contribution >= 4 is 17.1 Å². The second kappa shape index (κ2) is 6.27. The molecule has 1 unspecified atom stereocenters. The highest BCUT2D eigenvalue weighted by Crippen LogP contribution is 2.00. The van der Waals surface area contributed by atoms with Gasteiger partial charge in [-0.2, -0.15) is 0 Å². The summed E-state index contributed by atoms with van der Waals surface area (Å²) in [5, 5.41) is -0.121. The first kappa shape index (κ1) is 12.7. The molecule has 0 bridgehead atoms. The van der Waals surface area contributed by atoms with Crippen LogP contribution >= 0.6 is 0 Å². The normalized spacial score (nSPS) is 12.2. The fourth-order valence-electron chi connectivity index (χ4n) is 0.953. The molecule has 0 radical (unpaired) electrons. The summed E-state index contributed by atoms with van der Waals surface area (Å²) >= 11 is 0. The van der Waals surface area contributed by atoms with E-state index in [2.05, 4.69) is 4.72 Å². The fraction of sp³-hybridized carbons (Fsp3) is 0.364. The molecule has 0 aliphatic heterocycles. The van der Waals surface area contributed by atoms with Crippen LogP contribution in [0.25, 0.3) is 0 Å². The van der Waals surface area contributed by atoms with Gasteiger partial charge < -0.3 is 4.74 Å². The molecular formula is C11H15NO3S. The van der Waals surface area contributed by atoms with Crippen molar-refractivity contribution in [2.24, 2.45) is 0 Å². The lowest BCUT2D eigenvalue weighted by atomic mass is 10.2. The number of ether oxygens (including phenoxy) is 1. The molecule has 0 aromatic heterocycles. The van der Waals surface area contributed by atoms with Gasteiger partial charge >= 0.3 is 6.09 Å². The van der Waals surface area contributed by atoms with Crippen LogP contribution in [0.15, 0.2) is 30.3 Å². The molecule has 0 spiro atoms. The van der Waals surface area contributed by atoms with Gasteiger partial charge in [0.15, 0.2) is 0 Å². The van der Waals surface area contributed by atoms with Crippen molar-refractivity contribution < 1.29 is 13.7 Å². The second-order valence-corrected chi connectivity index (χ2v) is 5.25. The Bertz CT molecular complexity index is 365. The maximum absolute atomic E-state index is 11.3. The molecule has 0 heterocycles. The molecule has 0 saturated carbocycles. The van der Waals surface area contributed by atoms with Crippen LogP contribution in [0.2, 0.25) is 0 Å². The van der Waals surface area contributed by atoms with Crippen molar-refractivity contribution in [3.63, 3.8) is 0 Å². The smallest absolute Gasteiger partial charge is 0.419 e. The zero-order valence-corrected chi connectivity index (χ0v) is 10.1. The van der Waals surface area contributed by atoms with Crippen molar-refractivity contribution in [3.8, 4) is 0 Å². The maximum atomic E-state index is 11.3. The number of carbonyl (C=O) groups excluding carboxylic acids is 1. The minimum absolute atomic E-state index is 0.121. The van der Waals surface area contributed by atoms with E-state index in [1.165, 1.54) is 0 Å². The summed E-state index contributed by atoms with van der Waals surface area (Å²) in [6, 6.07) is 9.32. The van der Waals surface area contributed by atoms with E-state index in [-0.39, 0.29) is 11.9 Å². The third-order valence-corrected chi connectivity index (χ3v) is 3.05. The Morgan fingerprint density at radius 1 is 1.38 bits per heavy atom. The Labute approximate surface area is 97.6 Å². The Kier molecular flexibility index (Phi) is 4.98. The van der Waals surface area contributed by atoms with Crippen LogP contribution in [0.1, 0.15) is 19.4 Å². The van der Waals surface area contributed by atoms with Gasteiger partial charge in [-0.05, 0) is 19.4 Å². The summed E-state index contributed by atoms with van der Waals surface area (Å²) in [7, 11) is -1.38. The van der Waals surface area contributed by atoms with Crippen molar-refractivity contribution in [1.29, 1.82) is 0 Å². The predicted molar refractivity (Wildman–Crippen MR) is 63.0 cm³/mol. The maximum Gasteiger partial charge on any atom is 0.419 e. The molecule has 1 N–H and O–H groups in total. The minimum atomic E-state index is -1.38. The summed E-state index contributed by atoms with van der Waals surface area (Å²) in [5.74, 6) is 0. The lowest BCUT2D eigenvalue weighted by molar-refractivity contribution is 0.146. The van der Waals surface area contributed by atoms with Crippen LogP contribution in [-0.2, 0) is 22.3 Å². The monoisotopic (exact) mass is 241 g/mol. The van der Waals surface area contributed by atoms with E-state index in [0.29, 0.717) is 0 Å². The van der Waals surface area contributed by atoms with E-state index >= 15 is 0 Å². The number of amides is 1. The summed E-state index contributed by atoms with van der Waals surface area (Å²) in [5.41, 5.74) is 0.896. The van der Waals surface area contributed by atoms with E-state index in [9.17, 15) is 9.00 Å². The largest absolute Gasteiger partial charge is 0.444 e. The summed E-state index contributed by atoms with van der Waals surface area (Å²) in [6.45, 7) is 3.70. The molecule has 5 heteroatoms. The Balaban J connectivity index is 2.34. The number of nitrogens with one attached hydrogen (secondary N) is 1. The Hall–Kier alpha value is -1.36. The van der Waals surface area contributed by atoms with Crippen LogP contribution in [0.4, 0.5) is 4.79 Å². The van der Waals surface area contributed by atoms with E-state index in [1.54, 1.807) is 13.8 Å². The second-order valence-electron chi connectivity index (χ2n) is 3.51. The first-order valence-corrected chi connectivity index (χ1v) is 6.19. The van der Waals surface area contributed by atoms with Crippen LogP contribution in [0, 0.1) is 0 Å². The standard InChI is InChI=1S/C11H15NO3S/c1-9(2)16(14)12-11(13)15-8-10-6-4-3-5-7-10/h3-7,9H,8H2,1-2H3,(H,12,13). The van der Waals surface area contributed by atoms with Gasteiger partial charge in [0.25, 0.3) is 0 Å². The third kappa shape index (κ3) is 4.44. The van der Waals surface area contributed by atoms with E-state index < -0.39 is 17.1 Å². The van der Waals surface area contributed by atoms with Gasteiger partial charge in [-0.3, -0.25) is 0 Å². The molecule has 88 valence electrons. The number of carbonyl (C=O) groups is 1. The van der Waals surface area contributed by atoms with Crippen molar-refractivity contribution in [2.45, 2.75) is 25.7 Å². The van der Waals surface area contributed by atoms with Crippen LogP contribution in [0.3, 0.4) is 0 Å². The summed E-state index contributed by atoms with van der Waals surface area (Å²) in [4.78, 5) is 11.2. The average molecular weight is 241 g/mol. The average Bonchev–Trinajstić information content (AvgIpc) is 2.27. The fourth-order valence-corrected chi connectivity index (χ4v) is 1.41. The Morgan fingerprint density at radius 2 is 2.00 bits per heavy atom. The molecule has 1 aromatic rings. The molecule has 1 amide bonds. The lowest BCUT2D eigenvalue weighted by Gasteiger charge is -2.08. The highest BCUT2D eigenvalue weighted by atomic mass is 32.2. The zero-order chi connectivity index (χ0) is 12.0. The van der Waals surface area contributed by atoms with Gasteiger partial charge in [-0.15, -0.1) is 0 Å². The van der Waals surface area contributed by atoms with Crippen molar-refractivity contribution in [3.05, 3.63) is 35.9 Å². The number of benzene rings is 1. The van der Waals surface area contributed by atoms with Crippen LogP contribution in [0.5, 0.6) is 0 Å². The molecular weight excluding hydrogens is 226 g/mol. The van der Waals surface area contributed by atoms with Gasteiger partial charge in [-0.1, -0.05) is 30.3 Å². The number of rotatable bonds is 4. The topological polar surface area (TPSA) is 55.4 Å². The Morgan fingerprint density at radius 3 is 2.56 bits per heavy atom. The molecule has 16 heavy (non-hydrogen) atoms. The van der Waals surface area contributed by atoms with Gasteiger partial charge in [0, 0.05) is 5.25 Å². The zero-order valence-electron chi connectivity index (χ0n) is 9.30. The van der Waals surface area contributed by atoms with Gasteiger partial charge in [0.05, 0.1) is 0 Å².